The number of benzene rings is 1. The predicted octanol–water partition coefficient (Wildman–Crippen LogP) is 3.81. The molecule has 13 heavy (non-hydrogen) atoms. The van der Waals surface area contributed by atoms with Crippen LogP contribution >= 0.6 is 27.3 Å². The smallest absolute Gasteiger partial charge is 0.172 e. The Morgan fingerprint density at radius 1 is 1.46 bits per heavy atom. The molecule has 0 radical (unpaired) electrons. The summed E-state index contributed by atoms with van der Waals surface area (Å²) in [6, 6.07) is 5.95. The SMILES string of the molecule is Cc1ccc2cc(O)sc2c1CBr. The second-order valence-corrected chi connectivity index (χ2v) is 4.59. The number of fused-ring (bicyclic) bond motifs is 1. The van der Waals surface area contributed by atoms with E-state index in [0.29, 0.717) is 5.06 Å². The maximum absolute atomic E-state index is 9.37. The van der Waals surface area contributed by atoms with Gasteiger partial charge in [0.05, 0.1) is 0 Å². The number of alkyl halides is 1. The molecule has 1 aromatic carbocycles. The number of aromatic hydroxyl groups is 1. The predicted molar refractivity (Wildman–Crippen MR) is 60.9 cm³/mol. The summed E-state index contributed by atoms with van der Waals surface area (Å²) in [4.78, 5) is 0. The van der Waals surface area contributed by atoms with E-state index in [9.17, 15) is 5.11 Å². The van der Waals surface area contributed by atoms with Gasteiger partial charge in [0, 0.05) is 10.0 Å². The first-order valence-corrected chi connectivity index (χ1v) is 5.93. The zero-order chi connectivity index (χ0) is 9.42. The molecule has 2 aromatic rings. The highest BCUT2D eigenvalue weighted by molar-refractivity contribution is 9.08. The van der Waals surface area contributed by atoms with Gasteiger partial charge >= 0.3 is 0 Å². The average Bonchev–Trinajstić information content (AvgIpc) is 2.45. The minimum absolute atomic E-state index is 0.391. The van der Waals surface area contributed by atoms with Crippen LogP contribution in [0.1, 0.15) is 11.1 Å². The van der Waals surface area contributed by atoms with Gasteiger partial charge in [-0.25, -0.2) is 0 Å². The molecule has 68 valence electrons. The Morgan fingerprint density at radius 3 is 2.92 bits per heavy atom. The van der Waals surface area contributed by atoms with Gasteiger partial charge in [0.2, 0.25) is 0 Å². The Hall–Kier alpha value is -0.540. The lowest BCUT2D eigenvalue weighted by Crippen LogP contribution is -1.83. The van der Waals surface area contributed by atoms with E-state index in [-0.39, 0.29) is 0 Å². The zero-order valence-corrected chi connectivity index (χ0v) is 9.58. The van der Waals surface area contributed by atoms with Crippen molar-refractivity contribution in [2.45, 2.75) is 12.3 Å². The Bertz CT molecular complexity index is 447. The fraction of sp³-hybridized carbons (Fsp3) is 0.200. The van der Waals surface area contributed by atoms with Crippen LogP contribution in [0.25, 0.3) is 10.1 Å². The lowest BCUT2D eigenvalue weighted by atomic mass is 10.1. The van der Waals surface area contributed by atoms with Crippen molar-refractivity contribution in [2.75, 3.05) is 0 Å². The molecule has 0 aliphatic carbocycles. The van der Waals surface area contributed by atoms with Crippen LogP contribution in [0.15, 0.2) is 18.2 Å². The maximum atomic E-state index is 9.37. The Morgan fingerprint density at radius 2 is 2.23 bits per heavy atom. The summed E-state index contributed by atoms with van der Waals surface area (Å²) < 4.78 is 1.19. The molecule has 0 bridgehead atoms. The lowest BCUT2D eigenvalue weighted by Gasteiger charge is -2.02. The summed E-state index contributed by atoms with van der Waals surface area (Å²) in [5.41, 5.74) is 2.55. The molecule has 0 atom stereocenters. The third-order valence-corrected chi connectivity index (χ3v) is 3.72. The van der Waals surface area contributed by atoms with Crippen molar-refractivity contribution >= 4 is 37.4 Å². The van der Waals surface area contributed by atoms with E-state index in [1.54, 1.807) is 0 Å². The normalized spacial score (nSPS) is 10.9. The summed E-state index contributed by atoms with van der Waals surface area (Å²) in [6.45, 7) is 2.09. The summed E-state index contributed by atoms with van der Waals surface area (Å²) in [5.74, 6) is 0. The molecule has 1 aromatic heterocycles. The van der Waals surface area contributed by atoms with E-state index in [4.69, 9.17) is 0 Å². The van der Waals surface area contributed by atoms with Crippen LogP contribution < -0.4 is 0 Å². The Kier molecular flexibility index (Phi) is 2.30. The number of aryl methyl sites for hydroxylation is 1. The Labute approximate surface area is 89.1 Å². The fourth-order valence-electron chi connectivity index (χ4n) is 1.41. The van der Waals surface area contributed by atoms with Gasteiger partial charge in [-0.05, 0) is 29.5 Å². The van der Waals surface area contributed by atoms with Crippen LogP contribution in [-0.2, 0) is 5.33 Å². The molecular weight excluding hydrogens is 248 g/mol. The number of halogens is 1. The largest absolute Gasteiger partial charge is 0.499 e. The van der Waals surface area contributed by atoms with Crippen LogP contribution in [-0.4, -0.2) is 5.11 Å². The molecule has 0 unspecified atom stereocenters. The average molecular weight is 257 g/mol. The molecule has 0 amide bonds. The molecule has 0 saturated carbocycles. The van der Waals surface area contributed by atoms with Gasteiger partial charge in [0.25, 0.3) is 0 Å². The van der Waals surface area contributed by atoms with Crippen molar-refractivity contribution in [3.63, 3.8) is 0 Å². The first kappa shape index (κ1) is 9.03. The second kappa shape index (κ2) is 3.31. The molecule has 2 rings (SSSR count). The van der Waals surface area contributed by atoms with E-state index in [1.165, 1.54) is 27.2 Å². The first-order valence-electron chi connectivity index (χ1n) is 3.99. The van der Waals surface area contributed by atoms with Crippen LogP contribution in [0.5, 0.6) is 5.06 Å². The van der Waals surface area contributed by atoms with E-state index < -0.39 is 0 Å². The Balaban J connectivity index is 2.82. The van der Waals surface area contributed by atoms with Crippen molar-refractivity contribution in [2.24, 2.45) is 0 Å². The van der Waals surface area contributed by atoms with Crippen LogP contribution in [0, 0.1) is 6.92 Å². The number of rotatable bonds is 1. The molecule has 1 N–H and O–H groups in total. The third kappa shape index (κ3) is 1.46. The molecule has 0 aliphatic heterocycles. The molecule has 0 aliphatic rings. The first-order chi connectivity index (χ1) is 6.22. The fourth-order valence-corrected chi connectivity index (χ4v) is 3.32. The quantitative estimate of drug-likeness (QED) is 0.770. The van der Waals surface area contributed by atoms with Crippen molar-refractivity contribution in [1.82, 2.24) is 0 Å². The number of hydrogen-bond acceptors (Lipinski definition) is 2. The number of hydrogen-bond donors (Lipinski definition) is 1. The molecular formula is C10H9BrOS. The van der Waals surface area contributed by atoms with Gasteiger partial charge in [-0.1, -0.05) is 39.4 Å². The highest BCUT2D eigenvalue weighted by Gasteiger charge is 2.06. The van der Waals surface area contributed by atoms with Gasteiger partial charge in [-0.15, -0.1) is 0 Å². The summed E-state index contributed by atoms with van der Waals surface area (Å²) in [7, 11) is 0. The highest BCUT2D eigenvalue weighted by atomic mass is 79.9. The molecule has 0 saturated heterocycles. The molecule has 0 spiro atoms. The number of thiophene rings is 1. The minimum Gasteiger partial charge on any atom is -0.499 e. The topological polar surface area (TPSA) is 20.2 Å². The highest BCUT2D eigenvalue weighted by Crippen LogP contribution is 2.35. The molecule has 3 heteroatoms. The van der Waals surface area contributed by atoms with Crippen molar-refractivity contribution in [3.8, 4) is 5.06 Å². The van der Waals surface area contributed by atoms with Gasteiger partial charge in [-0.3, -0.25) is 0 Å². The van der Waals surface area contributed by atoms with Gasteiger partial charge in [0.1, 0.15) is 0 Å². The maximum Gasteiger partial charge on any atom is 0.172 e. The summed E-state index contributed by atoms with van der Waals surface area (Å²) >= 11 is 4.91. The van der Waals surface area contributed by atoms with E-state index >= 15 is 0 Å². The van der Waals surface area contributed by atoms with Crippen molar-refractivity contribution in [3.05, 3.63) is 29.3 Å². The van der Waals surface area contributed by atoms with Crippen LogP contribution in [0.4, 0.5) is 0 Å². The van der Waals surface area contributed by atoms with Crippen molar-refractivity contribution < 1.29 is 5.11 Å². The molecule has 0 fully saturated rings. The lowest BCUT2D eigenvalue weighted by molar-refractivity contribution is 0.491. The second-order valence-electron chi connectivity index (χ2n) is 3.00. The third-order valence-electron chi connectivity index (χ3n) is 2.14. The van der Waals surface area contributed by atoms with Crippen molar-refractivity contribution in [1.29, 1.82) is 0 Å². The van der Waals surface area contributed by atoms with Gasteiger partial charge < -0.3 is 5.11 Å². The van der Waals surface area contributed by atoms with E-state index in [1.807, 2.05) is 12.1 Å². The standard InChI is InChI=1S/C10H9BrOS/c1-6-2-3-7-4-9(12)13-10(7)8(6)5-11/h2-4,12H,5H2,1H3. The zero-order valence-electron chi connectivity index (χ0n) is 7.17. The minimum atomic E-state index is 0.391. The monoisotopic (exact) mass is 256 g/mol. The van der Waals surface area contributed by atoms with Gasteiger partial charge in [-0.2, -0.15) is 0 Å². The summed E-state index contributed by atoms with van der Waals surface area (Å²) in [6.07, 6.45) is 0. The molecule has 1 heterocycles. The van der Waals surface area contributed by atoms with Crippen LogP contribution in [0.2, 0.25) is 0 Å². The van der Waals surface area contributed by atoms with E-state index in [0.717, 1.165) is 10.7 Å². The van der Waals surface area contributed by atoms with Gasteiger partial charge in [0.15, 0.2) is 5.06 Å². The molecule has 1 nitrogen and oxygen atoms in total. The van der Waals surface area contributed by atoms with Crippen LogP contribution in [0.3, 0.4) is 0 Å². The summed E-state index contributed by atoms with van der Waals surface area (Å²) in [5, 5.41) is 11.7. The van der Waals surface area contributed by atoms with E-state index in [2.05, 4.69) is 28.9 Å².